The number of nitrogens with one attached hydrogen (secondary N) is 1. The molecule has 142 valence electrons. The zero-order valence-corrected chi connectivity index (χ0v) is 15.4. The Kier molecular flexibility index (Phi) is 5.29. The molecular formula is C19H19NO6S. The Morgan fingerprint density at radius 3 is 2.07 bits per heavy atom. The molecule has 27 heavy (non-hydrogen) atoms. The number of alkyl carbamates (subject to hydrolysis) is 1. The van der Waals surface area contributed by atoms with Crippen LogP contribution in [0, 0.1) is 0 Å². The molecule has 8 heteroatoms. The number of carbonyl (C=O) groups excluding carboxylic acids is 2. The van der Waals surface area contributed by atoms with E-state index in [2.05, 4.69) is 5.32 Å². The summed E-state index contributed by atoms with van der Waals surface area (Å²) in [6.45, 7) is 1.16. The second kappa shape index (κ2) is 7.50. The number of hydrogen-bond donors (Lipinski definition) is 2. The normalized spacial score (nSPS) is 14.1. The molecule has 0 heterocycles. The Balaban J connectivity index is 1.71. The number of hydrogen-bond acceptors (Lipinski definition) is 5. The van der Waals surface area contributed by atoms with Crippen molar-refractivity contribution < 1.29 is 27.3 Å². The Hall–Kier alpha value is -2.71. The predicted octanol–water partition coefficient (Wildman–Crippen LogP) is 2.37. The smallest absolute Gasteiger partial charge is 0.407 e. The summed E-state index contributed by atoms with van der Waals surface area (Å²) >= 11 is 0. The van der Waals surface area contributed by atoms with Crippen molar-refractivity contribution in [3.8, 4) is 11.1 Å². The van der Waals surface area contributed by atoms with Crippen LogP contribution in [0.15, 0.2) is 48.5 Å². The highest BCUT2D eigenvalue weighted by molar-refractivity contribution is 7.85. The molecular weight excluding hydrogens is 370 g/mol. The maximum absolute atomic E-state index is 12.1. The van der Waals surface area contributed by atoms with Gasteiger partial charge in [-0.3, -0.25) is 9.35 Å². The van der Waals surface area contributed by atoms with Crippen molar-refractivity contribution in [1.29, 1.82) is 0 Å². The van der Waals surface area contributed by atoms with Crippen molar-refractivity contribution in [2.24, 2.45) is 0 Å². The molecule has 3 rings (SSSR count). The summed E-state index contributed by atoms with van der Waals surface area (Å²) in [5, 5.41) is 2.20. The molecule has 7 nitrogen and oxygen atoms in total. The molecule has 1 amide bonds. The van der Waals surface area contributed by atoms with Crippen LogP contribution in [0.2, 0.25) is 0 Å². The Labute approximate surface area is 157 Å². The van der Waals surface area contributed by atoms with Crippen molar-refractivity contribution in [1.82, 2.24) is 5.32 Å². The van der Waals surface area contributed by atoms with Gasteiger partial charge in [0.25, 0.3) is 10.1 Å². The summed E-state index contributed by atoms with van der Waals surface area (Å²) in [7, 11) is -4.42. The van der Waals surface area contributed by atoms with Crippen LogP contribution in [0.3, 0.4) is 0 Å². The van der Waals surface area contributed by atoms with E-state index in [0.717, 1.165) is 29.2 Å². The fraction of sp³-hybridized carbons (Fsp3) is 0.263. The molecule has 2 aromatic carbocycles. The number of Topliss-reactive ketones (excluding diaryl/α,β-unsaturated/α-hetero) is 1. The van der Waals surface area contributed by atoms with Crippen LogP contribution >= 0.6 is 0 Å². The number of amides is 1. The third-order valence-corrected chi connectivity index (χ3v) is 5.26. The highest BCUT2D eigenvalue weighted by Gasteiger charge is 2.30. The molecule has 2 N–H and O–H groups in total. The van der Waals surface area contributed by atoms with E-state index in [-0.39, 0.29) is 12.5 Å². The number of carbonyl (C=O) groups is 2. The second-order valence-corrected chi connectivity index (χ2v) is 7.88. The molecule has 1 atom stereocenters. The lowest BCUT2D eigenvalue weighted by molar-refractivity contribution is -0.118. The van der Waals surface area contributed by atoms with E-state index in [1.165, 1.54) is 0 Å². The number of ketones is 1. The lowest BCUT2D eigenvalue weighted by Crippen LogP contribution is -2.44. The van der Waals surface area contributed by atoms with E-state index in [9.17, 15) is 18.0 Å². The van der Waals surface area contributed by atoms with Gasteiger partial charge in [-0.25, -0.2) is 4.79 Å². The lowest BCUT2D eigenvalue weighted by atomic mass is 9.98. The summed E-state index contributed by atoms with van der Waals surface area (Å²) < 4.78 is 36.1. The molecule has 2 aromatic rings. The van der Waals surface area contributed by atoms with Gasteiger partial charge in [-0.15, -0.1) is 0 Å². The molecule has 0 radical (unpaired) electrons. The van der Waals surface area contributed by atoms with Gasteiger partial charge in [0.1, 0.15) is 18.4 Å². The minimum Gasteiger partial charge on any atom is -0.449 e. The average Bonchev–Trinajstić information content (AvgIpc) is 2.92. The van der Waals surface area contributed by atoms with E-state index in [1.807, 2.05) is 48.5 Å². The molecule has 0 saturated heterocycles. The van der Waals surface area contributed by atoms with Crippen LogP contribution in [0.5, 0.6) is 0 Å². The summed E-state index contributed by atoms with van der Waals surface area (Å²) in [6.07, 6.45) is -0.916. The van der Waals surface area contributed by atoms with Crippen LogP contribution in [-0.4, -0.2) is 43.2 Å². The average molecular weight is 389 g/mol. The van der Waals surface area contributed by atoms with E-state index in [4.69, 9.17) is 9.29 Å². The standard InChI is InChI=1S/C19H19NO6S/c1-12(21)18(11-27(23,24)25)20-19(22)26-10-17-15-8-4-2-6-13(15)14-7-3-5-9-16(14)17/h2-9,17-18H,10-11H2,1H3,(H,20,22)(H,23,24,25). The van der Waals surface area contributed by atoms with Crippen LogP contribution in [0.25, 0.3) is 11.1 Å². The predicted molar refractivity (Wildman–Crippen MR) is 99.1 cm³/mol. The van der Waals surface area contributed by atoms with Crippen LogP contribution in [0.4, 0.5) is 4.79 Å². The molecule has 0 spiro atoms. The van der Waals surface area contributed by atoms with Crippen LogP contribution in [-0.2, 0) is 19.6 Å². The summed E-state index contributed by atoms with van der Waals surface area (Å²) in [5.74, 6) is -1.64. The molecule has 0 aromatic heterocycles. The third-order valence-electron chi connectivity index (χ3n) is 4.50. The van der Waals surface area contributed by atoms with Gasteiger partial charge in [-0.05, 0) is 29.2 Å². The SMILES string of the molecule is CC(=O)C(CS(=O)(=O)O)NC(=O)OCC1c2ccccc2-c2ccccc21. The molecule has 1 aliphatic carbocycles. The third kappa shape index (κ3) is 4.35. The number of fused-ring (bicyclic) bond motifs is 3. The zero-order chi connectivity index (χ0) is 19.6. The van der Waals surface area contributed by atoms with Crippen molar-refractivity contribution in [3.05, 3.63) is 59.7 Å². The summed E-state index contributed by atoms with van der Waals surface area (Å²) in [6, 6.07) is 14.3. The molecule has 0 bridgehead atoms. The van der Waals surface area contributed by atoms with Gasteiger partial charge in [0.05, 0.1) is 0 Å². The Morgan fingerprint density at radius 2 is 1.59 bits per heavy atom. The molecule has 0 saturated carbocycles. The lowest BCUT2D eigenvalue weighted by Gasteiger charge is -2.17. The Morgan fingerprint density at radius 1 is 1.07 bits per heavy atom. The van der Waals surface area contributed by atoms with Gasteiger partial charge in [0.15, 0.2) is 5.78 Å². The first-order valence-electron chi connectivity index (χ1n) is 8.33. The van der Waals surface area contributed by atoms with Gasteiger partial charge in [-0.1, -0.05) is 48.5 Å². The first kappa shape index (κ1) is 19.1. The minimum absolute atomic E-state index is 0.0381. The summed E-state index contributed by atoms with van der Waals surface area (Å²) in [5.41, 5.74) is 4.23. The highest BCUT2D eigenvalue weighted by Crippen LogP contribution is 2.44. The fourth-order valence-corrected chi connectivity index (χ4v) is 3.99. The second-order valence-electron chi connectivity index (χ2n) is 6.38. The van der Waals surface area contributed by atoms with Crippen molar-refractivity contribution >= 4 is 22.0 Å². The maximum Gasteiger partial charge on any atom is 0.407 e. The van der Waals surface area contributed by atoms with Crippen molar-refractivity contribution in [3.63, 3.8) is 0 Å². The maximum atomic E-state index is 12.1. The quantitative estimate of drug-likeness (QED) is 0.734. The van der Waals surface area contributed by atoms with Crippen LogP contribution < -0.4 is 5.32 Å². The monoisotopic (exact) mass is 389 g/mol. The van der Waals surface area contributed by atoms with Gasteiger partial charge >= 0.3 is 6.09 Å². The van der Waals surface area contributed by atoms with E-state index in [0.29, 0.717) is 0 Å². The zero-order valence-electron chi connectivity index (χ0n) is 14.6. The summed E-state index contributed by atoms with van der Waals surface area (Å²) in [4.78, 5) is 23.6. The first-order valence-corrected chi connectivity index (χ1v) is 9.94. The van der Waals surface area contributed by atoms with Gasteiger partial charge in [0.2, 0.25) is 0 Å². The number of rotatable bonds is 6. The van der Waals surface area contributed by atoms with Crippen molar-refractivity contribution in [2.75, 3.05) is 12.4 Å². The Bertz CT molecular complexity index is 940. The first-order chi connectivity index (χ1) is 12.8. The van der Waals surface area contributed by atoms with Crippen LogP contribution in [0.1, 0.15) is 24.0 Å². The minimum atomic E-state index is -4.42. The number of ether oxygens (including phenoxy) is 1. The van der Waals surface area contributed by atoms with E-state index >= 15 is 0 Å². The number of benzene rings is 2. The molecule has 0 fully saturated rings. The molecule has 0 aliphatic heterocycles. The van der Waals surface area contributed by atoms with Gasteiger partial charge in [0, 0.05) is 5.92 Å². The molecule has 1 aliphatic rings. The van der Waals surface area contributed by atoms with Crippen molar-refractivity contribution in [2.45, 2.75) is 18.9 Å². The topological polar surface area (TPSA) is 110 Å². The molecule has 1 unspecified atom stereocenters. The fourth-order valence-electron chi connectivity index (χ4n) is 3.25. The highest BCUT2D eigenvalue weighted by atomic mass is 32.2. The van der Waals surface area contributed by atoms with E-state index in [1.54, 1.807) is 0 Å². The largest absolute Gasteiger partial charge is 0.449 e. The van der Waals surface area contributed by atoms with Gasteiger partial charge < -0.3 is 10.1 Å². The van der Waals surface area contributed by atoms with Gasteiger partial charge in [-0.2, -0.15) is 8.42 Å². The van der Waals surface area contributed by atoms with E-state index < -0.39 is 33.8 Å².